The van der Waals surface area contributed by atoms with Gasteiger partial charge in [0, 0.05) is 12.3 Å². The second-order valence-electron chi connectivity index (χ2n) is 4.21. The maximum Gasteiger partial charge on any atom is 0.157 e. The predicted molar refractivity (Wildman–Crippen MR) is 73.6 cm³/mol. The minimum absolute atomic E-state index is 0.0581. The van der Waals surface area contributed by atoms with Gasteiger partial charge in [-0.2, -0.15) is 0 Å². The Balaban J connectivity index is 1.68. The average molecular weight is 316 g/mol. The van der Waals surface area contributed by atoms with Crippen LogP contribution in [0.25, 0.3) is 0 Å². The van der Waals surface area contributed by atoms with E-state index in [2.05, 4.69) is 15.9 Å². The third-order valence-corrected chi connectivity index (χ3v) is 3.36. The van der Waals surface area contributed by atoms with Gasteiger partial charge >= 0.3 is 0 Å². The van der Waals surface area contributed by atoms with E-state index in [1.54, 1.807) is 0 Å². The molecule has 1 aromatic rings. The molecule has 5 heteroatoms. The molecular weight excluding hydrogens is 298 g/mol. The quantitative estimate of drug-likeness (QED) is 0.670. The molecular formula is C13H18BrNO3. The van der Waals surface area contributed by atoms with Crippen LogP contribution < -0.4 is 10.5 Å². The standard InChI is InChI=1S/C13H18BrNO3/c14-11-9-10(15)4-5-12(11)16-7-8-18-13-3-1-2-6-17-13/h4-5,9,13H,1-3,6-8,15H2. The number of hydrogen-bond acceptors (Lipinski definition) is 4. The van der Waals surface area contributed by atoms with Crippen LogP contribution in [0.2, 0.25) is 0 Å². The first kappa shape index (κ1) is 13.6. The second-order valence-corrected chi connectivity index (χ2v) is 5.06. The molecule has 1 unspecified atom stereocenters. The van der Waals surface area contributed by atoms with Gasteiger partial charge in [-0.05, 0) is 53.4 Å². The number of hydrogen-bond donors (Lipinski definition) is 1. The molecule has 1 aliphatic heterocycles. The topological polar surface area (TPSA) is 53.7 Å². The number of benzene rings is 1. The Morgan fingerprint density at radius 2 is 2.22 bits per heavy atom. The molecule has 0 bridgehead atoms. The lowest BCUT2D eigenvalue weighted by atomic mass is 10.2. The molecule has 0 aromatic heterocycles. The Labute approximate surface area is 116 Å². The fourth-order valence-electron chi connectivity index (χ4n) is 1.81. The summed E-state index contributed by atoms with van der Waals surface area (Å²) in [6.07, 6.45) is 3.23. The summed E-state index contributed by atoms with van der Waals surface area (Å²) in [4.78, 5) is 0. The van der Waals surface area contributed by atoms with Crippen molar-refractivity contribution in [3.63, 3.8) is 0 Å². The zero-order valence-corrected chi connectivity index (χ0v) is 11.8. The van der Waals surface area contributed by atoms with E-state index in [0.29, 0.717) is 18.9 Å². The second kappa shape index (κ2) is 6.97. The van der Waals surface area contributed by atoms with Crippen molar-refractivity contribution in [1.82, 2.24) is 0 Å². The summed E-state index contributed by atoms with van der Waals surface area (Å²) < 4.78 is 17.5. The van der Waals surface area contributed by atoms with Crippen LogP contribution in [0, 0.1) is 0 Å². The third kappa shape index (κ3) is 4.15. The van der Waals surface area contributed by atoms with E-state index < -0.39 is 0 Å². The lowest BCUT2D eigenvalue weighted by Crippen LogP contribution is -2.24. The maximum atomic E-state index is 5.65. The van der Waals surface area contributed by atoms with Gasteiger partial charge in [-0.25, -0.2) is 0 Å². The van der Waals surface area contributed by atoms with Crippen molar-refractivity contribution in [2.75, 3.05) is 25.6 Å². The minimum atomic E-state index is -0.0581. The highest BCUT2D eigenvalue weighted by atomic mass is 79.9. The normalized spacial score (nSPS) is 19.7. The first-order valence-electron chi connectivity index (χ1n) is 6.17. The van der Waals surface area contributed by atoms with Crippen molar-refractivity contribution >= 4 is 21.6 Å². The van der Waals surface area contributed by atoms with Crippen LogP contribution in [0.15, 0.2) is 22.7 Å². The SMILES string of the molecule is Nc1ccc(OCCOC2CCCCO2)c(Br)c1. The molecule has 1 aromatic carbocycles. The van der Waals surface area contributed by atoms with Crippen LogP contribution in [0.4, 0.5) is 5.69 Å². The number of nitrogen functional groups attached to an aromatic ring is 1. The monoisotopic (exact) mass is 315 g/mol. The molecule has 18 heavy (non-hydrogen) atoms. The summed E-state index contributed by atoms with van der Waals surface area (Å²) in [5, 5.41) is 0. The lowest BCUT2D eigenvalue weighted by molar-refractivity contribution is -0.165. The highest BCUT2D eigenvalue weighted by Crippen LogP contribution is 2.26. The largest absolute Gasteiger partial charge is 0.490 e. The molecule has 0 aliphatic carbocycles. The highest BCUT2D eigenvalue weighted by molar-refractivity contribution is 9.10. The summed E-state index contributed by atoms with van der Waals surface area (Å²) in [5.41, 5.74) is 6.36. The van der Waals surface area contributed by atoms with Crippen molar-refractivity contribution in [2.45, 2.75) is 25.6 Å². The summed E-state index contributed by atoms with van der Waals surface area (Å²) in [5.74, 6) is 0.775. The molecule has 0 amide bonds. The Bertz CT molecular complexity index is 380. The zero-order chi connectivity index (χ0) is 12.8. The molecule has 1 saturated heterocycles. The highest BCUT2D eigenvalue weighted by Gasteiger charge is 2.13. The zero-order valence-electron chi connectivity index (χ0n) is 10.2. The van der Waals surface area contributed by atoms with Crippen LogP contribution in [-0.4, -0.2) is 26.1 Å². The number of halogens is 1. The summed E-state index contributed by atoms with van der Waals surface area (Å²) in [6, 6.07) is 5.47. The fraction of sp³-hybridized carbons (Fsp3) is 0.538. The van der Waals surface area contributed by atoms with Gasteiger partial charge in [0.2, 0.25) is 0 Å². The summed E-state index contributed by atoms with van der Waals surface area (Å²) >= 11 is 3.41. The van der Waals surface area contributed by atoms with Crippen LogP contribution in [-0.2, 0) is 9.47 Å². The fourth-order valence-corrected chi connectivity index (χ4v) is 2.32. The number of rotatable bonds is 5. The molecule has 0 saturated carbocycles. The Morgan fingerprint density at radius 3 is 2.94 bits per heavy atom. The number of ether oxygens (including phenoxy) is 3. The Morgan fingerprint density at radius 1 is 1.33 bits per heavy atom. The van der Waals surface area contributed by atoms with E-state index in [1.807, 2.05) is 18.2 Å². The van der Waals surface area contributed by atoms with E-state index in [-0.39, 0.29) is 6.29 Å². The van der Waals surface area contributed by atoms with Gasteiger partial charge in [0.25, 0.3) is 0 Å². The van der Waals surface area contributed by atoms with Crippen molar-refractivity contribution in [1.29, 1.82) is 0 Å². The van der Waals surface area contributed by atoms with E-state index in [4.69, 9.17) is 19.9 Å². The minimum Gasteiger partial charge on any atom is -0.490 e. The van der Waals surface area contributed by atoms with E-state index in [0.717, 1.165) is 29.7 Å². The Hall–Kier alpha value is -0.780. The number of nitrogens with two attached hydrogens (primary N) is 1. The first-order chi connectivity index (χ1) is 8.75. The molecule has 2 N–H and O–H groups in total. The van der Waals surface area contributed by atoms with E-state index >= 15 is 0 Å². The van der Waals surface area contributed by atoms with Gasteiger partial charge in [-0.3, -0.25) is 0 Å². The number of anilines is 1. The molecule has 2 rings (SSSR count). The molecule has 0 radical (unpaired) electrons. The molecule has 1 atom stereocenters. The van der Waals surface area contributed by atoms with Gasteiger partial charge in [0.05, 0.1) is 11.1 Å². The third-order valence-electron chi connectivity index (χ3n) is 2.74. The summed E-state index contributed by atoms with van der Waals surface area (Å²) in [6.45, 7) is 1.83. The van der Waals surface area contributed by atoms with Crippen molar-refractivity contribution in [3.8, 4) is 5.75 Å². The molecule has 1 aliphatic rings. The van der Waals surface area contributed by atoms with Crippen LogP contribution >= 0.6 is 15.9 Å². The average Bonchev–Trinajstić information content (AvgIpc) is 2.38. The van der Waals surface area contributed by atoms with Crippen molar-refractivity contribution in [2.24, 2.45) is 0 Å². The van der Waals surface area contributed by atoms with E-state index in [9.17, 15) is 0 Å². The lowest BCUT2D eigenvalue weighted by Gasteiger charge is -2.22. The van der Waals surface area contributed by atoms with Crippen molar-refractivity contribution < 1.29 is 14.2 Å². The smallest absolute Gasteiger partial charge is 0.157 e. The molecule has 0 spiro atoms. The van der Waals surface area contributed by atoms with Gasteiger partial charge in [0.15, 0.2) is 6.29 Å². The van der Waals surface area contributed by atoms with Gasteiger partial charge in [0.1, 0.15) is 12.4 Å². The van der Waals surface area contributed by atoms with Crippen LogP contribution in [0.1, 0.15) is 19.3 Å². The molecule has 1 heterocycles. The Kier molecular flexibility index (Phi) is 5.28. The van der Waals surface area contributed by atoms with E-state index in [1.165, 1.54) is 6.42 Å². The van der Waals surface area contributed by atoms with Crippen LogP contribution in [0.3, 0.4) is 0 Å². The molecule has 100 valence electrons. The molecule has 4 nitrogen and oxygen atoms in total. The van der Waals surface area contributed by atoms with Crippen LogP contribution in [0.5, 0.6) is 5.75 Å². The first-order valence-corrected chi connectivity index (χ1v) is 6.96. The van der Waals surface area contributed by atoms with Crippen molar-refractivity contribution in [3.05, 3.63) is 22.7 Å². The maximum absolute atomic E-state index is 5.65. The molecule has 1 fully saturated rings. The van der Waals surface area contributed by atoms with Gasteiger partial charge < -0.3 is 19.9 Å². The van der Waals surface area contributed by atoms with Gasteiger partial charge in [-0.15, -0.1) is 0 Å². The summed E-state index contributed by atoms with van der Waals surface area (Å²) in [7, 11) is 0. The predicted octanol–water partition coefficient (Wildman–Crippen LogP) is 2.95. The van der Waals surface area contributed by atoms with Gasteiger partial charge in [-0.1, -0.05) is 0 Å².